The van der Waals surface area contributed by atoms with Gasteiger partial charge in [-0.05, 0) is 41.0 Å². The molecule has 2 N–H and O–H groups in total. The van der Waals surface area contributed by atoms with Crippen molar-refractivity contribution in [1.29, 1.82) is 0 Å². The number of ether oxygens (including phenoxy) is 2. The number of primary amides is 1. The molecule has 0 bridgehead atoms. The highest BCUT2D eigenvalue weighted by molar-refractivity contribution is 5.90. The summed E-state index contributed by atoms with van der Waals surface area (Å²) in [5.74, 6) is 0.894. The summed E-state index contributed by atoms with van der Waals surface area (Å²) in [5, 5.41) is 0. The first kappa shape index (κ1) is 14.7. The van der Waals surface area contributed by atoms with Crippen LogP contribution in [0.15, 0.2) is 48.5 Å². The third-order valence-corrected chi connectivity index (χ3v) is 3.04. The Balaban J connectivity index is 2.38. The summed E-state index contributed by atoms with van der Waals surface area (Å²) in [6.07, 6.45) is 3.03. The zero-order valence-electron chi connectivity index (χ0n) is 12.0. The molecule has 0 aromatic heterocycles. The van der Waals surface area contributed by atoms with Crippen LogP contribution in [0.25, 0.3) is 17.2 Å². The molecule has 0 aliphatic rings. The van der Waals surface area contributed by atoms with E-state index in [9.17, 15) is 4.79 Å². The van der Waals surface area contributed by atoms with Gasteiger partial charge in [-0.25, -0.2) is 0 Å². The van der Waals surface area contributed by atoms with Gasteiger partial charge < -0.3 is 15.2 Å². The number of hydrogen-bond acceptors (Lipinski definition) is 3. The van der Waals surface area contributed by atoms with Crippen LogP contribution < -0.4 is 15.2 Å². The highest BCUT2D eigenvalue weighted by atomic mass is 16.5. The smallest absolute Gasteiger partial charge is 0.241 e. The molecule has 0 fully saturated rings. The van der Waals surface area contributed by atoms with Crippen LogP contribution in [0.2, 0.25) is 0 Å². The van der Waals surface area contributed by atoms with Gasteiger partial charge >= 0.3 is 0 Å². The van der Waals surface area contributed by atoms with E-state index < -0.39 is 5.91 Å². The van der Waals surface area contributed by atoms with Crippen molar-refractivity contribution in [1.82, 2.24) is 0 Å². The van der Waals surface area contributed by atoms with Gasteiger partial charge in [0.2, 0.25) is 5.91 Å². The Morgan fingerprint density at radius 2 is 1.71 bits per heavy atom. The average molecular weight is 283 g/mol. The molecule has 0 saturated carbocycles. The number of hydrogen-bond donors (Lipinski definition) is 1. The van der Waals surface area contributed by atoms with E-state index in [1.165, 1.54) is 6.08 Å². The maximum absolute atomic E-state index is 10.8. The predicted molar refractivity (Wildman–Crippen MR) is 83.2 cm³/mol. The number of rotatable bonds is 5. The molecule has 0 aliphatic carbocycles. The molecule has 4 nitrogen and oxygen atoms in total. The van der Waals surface area contributed by atoms with E-state index in [-0.39, 0.29) is 0 Å². The van der Waals surface area contributed by atoms with Crippen LogP contribution in [0.1, 0.15) is 5.56 Å². The second-order valence-corrected chi connectivity index (χ2v) is 4.43. The lowest BCUT2D eigenvalue weighted by Gasteiger charge is -2.10. The predicted octanol–water partition coefficient (Wildman–Crippen LogP) is 2.87. The molecular formula is C17H17NO3. The molecule has 21 heavy (non-hydrogen) atoms. The topological polar surface area (TPSA) is 61.5 Å². The van der Waals surface area contributed by atoms with Crippen molar-refractivity contribution in [2.75, 3.05) is 14.2 Å². The molecular weight excluding hydrogens is 266 g/mol. The highest BCUT2D eigenvalue weighted by Gasteiger charge is 2.06. The summed E-state index contributed by atoms with van der Waals surface area (Å²) >= 11 is 0. The van der Waals surface area contributed by atoms with Gasteiger partial charge in [0.25, 0.3) is 0 Å². The first-order valence-corrected chi connectivity index (χ1v) is 6.44. The van der Waals surface area contributed by atoms with Crippen molar-refractivity contribution in [3.63, 3.8) is 0 Å². The zero-order chi connectivity index (χ0) is 15.2. The Morgan fingerprint density at radius 1 is 1.00 bits per heavy atom. The van der Waals surface area contributed by atoms with Crippen molar-refractivity contribution in [2.24, 2.45) is 5.73 Å². The van der Waals surface area contributed by atoms with Gasteiger partial charge in [0, 0.05) is 6.08 Å². The van der Waals surface area contributed by atoms with Gasteiger partial charge in [0.05, 0.1) is 14.2 Å². The summed E-state index contributed by atoms with van der Waals surface area (Å²) < 4.78 is 10.5. The Kier molecular flexibility index (Phi) is 4.61. The molecule has 0 unspecified atom stereocenters. The van der Waals surface area contributed by atoms with E-state index in [0.29, 0.717) is 11.5 Å². The Labute approximate surface area is 123 Å². The van der Waals surface area contributed by atoms with E-state index in [0.717, 1.165) is 16.7 Å². The molecule has 2 aromatic carbocycles. The van der Waals surface area contributed by atoms with Gasteiger partial charge in [-0.1, -0.05) is 24.3 Å². The van der Waals surface area contributed by atoms with Gasteiger partial charge in [-0.3, -0.25) is 4.79 Å². The summed E-state index contributed by atoms with van der Waals surface area (Å²) in [6, 6.07) is 13.5. The summed E-state index contributed by atoms with van der Waals surface area (Å²) in [7, 11) is 3.21. The van der Waals surface area contributed by atoms with E-state index in [2.05, 4.69) is 0 Å². The van der Waals surface area contributed by atoms with Crippen LogP contribution in [0.3, 0.4) is 0 Å². The van der Waals surface area contributed by atoms with Gasteiger partial charge in [0.15, 0.2) is 11.5 Å². The Morgan fingerprint density at radius 3 is 2.38 bits per heavy atom. The maximum Gasteiger partial charge on any atom is 0.241 e. The minimum Gasteiger partial charge on any atom is -0.493 e. The third kappa shape index (κ3) is 3.63. The van der Waals surface area contributed by atoms with Gasteiger partial charge in [-0.2, -0.15) is 0 Å². The highest BCUT2D eigenvalue weighted by Crippen LogP contribution is 2.32. The SMILES string of the molecule is COc1ccc(-c2cccc(/C=C/C(N)=O)c2)cc1OC. The molecule has 0 atom stereocenters. The number of carbonyl (C=O) groups is 1. The van der Waals surface area contributed by atoms with Crippen LogP contribution >= 0.6 is 0 Å². The first-order valence-electron chi connectivity index (χ1n) is 6.44. The quantitative estimate of drug-likeness (QED) is 0.858. The number of benzene rings is 2. The standard InChI is InChI=1S/C17H17NO3/c1-20-15-8-7-14(11-16(15)21-2)13-5-3-4-12(10-13)6-9-17(18)19/h3-11H,1-2H3,(H2,18,19)/b9-6+. The molecule has 0 radical (unpaired) electrons. The van der Waals surface area contributed by atoms with Crippen LogP contribution in [-0.2, 0) is 4.79 Å². The van der Waals surface area contributed by atoms with Crippen LogP contribution in [0.4, 0.5) is 0 Å². The third-order valence-electron chi connectivity index (χ3n) is 3.04. The van der Waals surface area contributed by atoms with Crippen LogP contribution in [0.5, 0.6) is 11.5 Å². The fourth-order valence-corrected chi connectivity index (χ4v) is 2.02. The second kappa shape index (κ2) is 6.61. The number of nitrogens with two attached hydrogens (primary N) is 1. The zero-order valence-corrected chi connectivity index (χ0v) is 12.0. The summed E-state index contributed by atoms with van der Waals surface area (Å²) in [4.78, 5) is 10.8. The molecule has 4 heteroatoms. The summed E-state index contributed by atoms with van der Waals surface area (Å²) in [6.45, 7) is 0. The van der Waals surface area contributed by atoms with Crippen molar-refractivity contribution in [2.45, 2.75) is 0 Å². The van der Waals surface area contributed by atoms with Crippen molar-refractivity contribution < 1.29 is 14.3 Å². The fraction of sp³-hybridized carbons (Fsp3) is 0.118. The lowest BCUT2D eigenvalue weighted by molar-refractivity contribution is -0.113. The minimum absolute atomic E-state index is 0.466. The van der Waals surface area contributed by atoms with Crippen molar-refractivity contribution in [3.8, 4) is 22.6 Å². The van der Waals surface area contributed by atoms with E-state index in [4.69, 9.17) is 15.2 Å². The lowest BCUT2D eigenvalue weighted by Crippen LogP contribution is -2.05. The maximum atomic E-state index is 10.8. The first-order chi connectivity index (χ1) is 10.1. The van der Waals surface area contributed by atoms with Crippen molar-refractivity contribution in [3.05, 3.63) is 54.1 Å². The Hall–Kier alpha value is -2.75. The van der Waals surface area contributed by atoms with Crippen LogP contribution in [0, 0.1) is 0 Å². The normalized spacial score (nSPS) is 10.6. The average Bonchev–Trinajstić information content (AvgIpc) is 2.52. The molecule has 0 heterocycles. The van der Waals surface area contributed by atoms with Crippen LogP contribution in [-0.4, -0.2) is 20.1 Å². The summed E-state index contributed by atoms with van der Waals surface area (Å²) in [5.41, 5.74) is 8.03. The van der Waals surface area contributed by atoms with E-state index in [1.54, 1.807) is 20.3 Å². The molecule has 2 rings (SSSR count). The van der Waals surface area contributed by atoms with Gasteiger partial charge in [0.1, 0.15) is 0 Å². The minimum atomic E-state index is -0.466. The molecule has 0 saturated heterocycles. The molecule has 0 aliphatic heterocycles. The number of methoxy groups -OCH3 is 2. The molecule has 108 valence electrons. The monoisotopic (exact) mass is 283 g/mol. The van der Waals surface area contributed by atoms with Crippen molar-refractivity contribution >= 4 is 12.0 Å². The molecule has 0 spiro atoms. The number of carbonyl (C=O) groups excluding carboxylic acids is 1. The fourth-order valence-electron chi connectivity index (χ4n) is 2.02. The van der Waals surface area contributed by atoms with E-state index in [1.807, 2.05) is 42.5 Å². The largest absolute Gasteiger partial charge is 0.493 e. The van der Waals surface area contributed by atoms with E-state index >= 15 is 0 Å². The lowest BCUT2D eigenvalue weighted by atomic mass is 10.0. The Bertz CT molecular complexity index is 677. The number of amides is 1. The molecule has 1 amide bonds. The molecule has 2 aromatic rings. The second-order valence-electron chi connectivity index (χ2n) is 4.43. The van der Waals surface area contributed by atoms with Gasteiger partial charge in [-0.15, -0.1) is 0 Å².